The van der Waals surface area contributed by atoms with Crippen LogP contribution in [0.2, 0.25) is 0 Å². The van der Waals surface area contributed by atoms with Gasteiger partial charge in [0.2, 0.25) is 0 Å². The van der Waals surface area contributed by atoms with Gasteiger partial charge in [-0.2, -0.15) is 13.2 Å². The van der Waals surface area contributed by atoms with Crippen LogP contribution in [0.1, 0.15) is 77.2 Å². The molecular weight excluding hydrogens is 449 g/mol. The zero-order valence-corrected chi connectivity index (χ0v) is 20.8. The van der Waals surface area contributed by atoms with Crippen LogP contribution in [-0.2, 0) is 29.4 Å². The summed E-state index contributed by atoms with van der Waals surface area (Å²) in [5, 5.41) is 0. The Morgan fingerprint density at radius 1 is 0.853 bits per heavy atom. The topological polar surface area (TPSA) is 61.8 Å². The summed E-state index contributed by atoms with van der Waals surface area (Å²) in [6.07, 6.45) is 3.29. The number of alkyl halides is 3. The van der Waals surface area contributed by atoms with Crippen LogP contribution in [0.5, 0.6) is 0 Å². The van der Waals surface area contributed by atoms with Gasteiger partial charge in [0.15, 0.2) is 0 Å². The van der Waals surface area contributed by atoms with E-state index in [0.717, 1.165) is 58.5 Å². The van der Waals surface area contributed by atoms with Crippen LogP contribution < -0.4 is 0 Å². The highest BCUT2D eigenvalue weighted by molar-refractivity contribution is 5.82. The number of hydrogen-bond donors (Lipinski definition) is 0. The van der Waals surface area contributed by atoms with Crippen molar-refractivity contribution in [2.75, 3.05) is 20.8 Å². The number of rotatable bonds is 16. The molecule has 0 unspecified atom stereocenters. The fourth-order valence-corrected chi connectivity index (χ4v) is 3.96. The van der Waals surface area contributed by atoms with Crippen LogP contribution in [0.4, 0.5) is 13.2 Å². The number of ether oxygens (including phenoxy) is 3. The summed E-state index contributed by atoms with van der Waals surface area (Å²) in [6.45, 7) is 3.97. The van der Waals surface area contributed by atoms with Gasteiger partial charge in [-0.25, -0.2) is 4.79 Å². The molecule has 1 rings (SSSR count). The molecular formula is C26H39F3O5. The average molecular weight is 489 g/mol. The molecule has 8 heteroatoms. The van der Waals surface area contributed by atoms with E-state index >= 15 is 0 Å². The fraction of sp³-hybridized carbons (Fsp3) is 0.692. The van der Waals surface area contributed by atoms with Crippen molar-refractivity contribution in [2.45, 2.75) is 83.4 Å². The van der Waals surface area contributed by atoms with Gasteiger partial charge in [0.25, 0.3) is 5.60 Å². The van der Waals surface area contributed by atoms with Gasteiger partial charge >= 0.3 is 18.1 Å². The molecule has 5 nitrogen and oxygen atoms in total. The summed E-state index contributed by atoms with van der Waals surface area (Å²) >= 11 is 0. The van der Waals surface area contributed by atoms with E-state index in [-0.39, 0.29) is 24.1 Å². The highest BCUT2D eigenvalue weighted by Crippen LogP contribution is 2.43. The van der Waals surface area contributed by atoms with Crippen LogP contribution in [0.15, 0.2) is 30.3 Å². The second-order valence-electron chi connectivity index (χ2n) is 9.02. The minimum Gasteiger partial charge on any atom is -0.469 e. The second-order valence-corrected chi connectivity index (χ2v) is 9.02. The molecule has 0 aliphatic heterocycles. The van der Waals surface area contributed by atoms with Crippen molar-refractivity contribution < 1.29 is 37.0 Å². The molecule has 0 aromatic heterocycles. The maximum absolute atomic E-state index is 13.9. The average Bonchev–Trinajstić information content (AvgIpc) is 2.80. The highest BCUT2D eigenvalue weighted by atomic mass is 19.4. The lowest BCUT2D eigenvalue weighted by molar-refractivity contribution is -0.276. The molecule has 0 spiro atoms. The number of halogens is 3. The van der Waals surface area contributed by atoms with E-state index in [2.05, 4.69) is 11.7 Å². The smallest absolute Gasteiger partial charge is 0.432 e. The zero-order valence-electron chi connectivity index (χ0n) is 20.8. The summed E-state index contributed by atoms with van der Waals surface area (Å²) in [5.74, 6) is -1.09. The first kappa shape index (κ1) is 29.9. The summed E-state index contributed by atoms with van der Waals surface area (Å²) < 4.78 is 56.2. The Labute approximate surface area is 201 Å². The first-order chi connectivity index (χ1) is 16.1. The van der Waals surface area contributed by atoms with Gasteiger partial charge in [-0.15, -0.1) is 0 Å². The summed E-state index contributed by atoms with van der Waals surface area (Å²) in [6, 6.07) is 6.84. The first-order valence-electron chi connectivity index (χ1n) is 12.0. The van der Waals surface area contributed by atoms with E-state index in [4.69, 9.17) is 9.47 Å². The van der Waals surface area contributed by atoms with Crippen molar-refractivity contribution in [3.63, 3.8) is 0 Å². The van der Waals surface area contributed by atoms with Crippen molar-refractivity contribution in [1.82, 2.24) is 0 Å². The van der Waals surface area contributed by atoms with E-state index in [1.54, 1.807) is 6.07 Å². The first-order valence-corrected chi connectivity index (χ1v) is 12.0. The predicted octanol–water partition coefficient (Wildman–Crippen LogP) is 6.59. The summed E-state index contributed by atoms with van der Waals surface area (Å²) in [5.41, 5.74) is -3.44. The molecule has 1 aromatic carbocycles. The largest absolute Gasteiger partial charge is 0.469 e. The van der Waals surface area contributed by atoms with Crippen LogP contribution >= 0.6 is 0 Å². The number of carbonyl (C=O) groups excluding carboxylic acids is 2. The lowest BCUT2D eigenvalue weighted by Crippen LogP contribution is -2.52. The van der Waals surface area contributed by atoms with Crippen LogP contribution in [-0.4, -0.2) is 38.9 Å². The lowest BCUT2D eigenvalue weighted by Gasteiger charge is -2.32. The quantitative estimate of drug-likeness (QED) is 0.194. The van der Waals surface area contributed by atoms with E-state index in [1.807, 2.05) is 6.92 Å². The van der Waals surface area contributed by atoms with Gasteiger partial charge in [0, 0.05) is 19.1 Å². The minimum atomic E-state index is -4.96. The Kier molecular flexibility index (Phi) is 13.2. The summed E-state index contributed by atoms with van der Waals surface area (Å²) in [4.78, 5) is 23.7. The second kappa shape index (κ2) is 15.0. The number of hydrogen-bond acceptors (Lipinski definition) is 5. The minimum absolute atomic E-state index is 0.0572. The molecule has 0 aliphatic carbocycles. The van der Waals surface area contributed by atoms with Crippen LogP contribution in [0, 0.1) is 11.8 Å². The fourth-order valence-electron chi connectivity index (χ4n) is 3.96. The van der Waals surface area contributed by atoms with Crippen molar-refractivity contribution in [3.05, 3.63) is 35.9 Å². The van der Waals surface area contributed by atoms with E-state index in [1.165, 1.54) is 31.4 Å². The number of methoxy groups -OCH3 is 2. The number of carbonyl (C=O) groups is 2. The van der Waals surface area contributed by atoms with Gasteiger partial charge in [-0.05, 0) is 24.7 Å². The van der Waals surface area contributed by atoms with Crippen molar-refractivity contribution in [2.24, 2.45) is 11.8 Å². The third-order valence-electron chi connectivity index (χ3n) is 6.12. The Morgan fingerprint density at radius 2 is 1.41 bits per heavy atom. The number of esters is 2. The lowest BCUT2D eigenvalue weighted by atomic mass is 9.92. The monoisotopic (exact) mass is 488 g/mol. The Balaban J connectivity index is 2.37. The van der Waals surface area contributed by atoms with Gasteiger partial charge in [-0.3, -0.25) is 4.79 Å². The van der Waals surface area contributed by atoms with E-state index in [0.29, 0.717) is 12.3 Å². The molecule has 0 fully saturated rings. The zero-order chi connectivity index (χ0) is 25.6. The normalized spacial score (nSPS) is 15.3. The van der Waals surface area contributed by atoms with Crippen molar-refractivity contribution in [1.29, 1.82) is 0 Å². The summed E-state index contributed by atoms with van der Waals surface area (Å²) in [7, 11) is 2.27. The molecule has 0 N–H and O–H groups in total. The maximum Gasteiger partial charge on any atom is 0.432 e. The predicted molar refractivity (Wildman–Crippen MR) is 124 cm³/mol. The Bertz CT molecular complexity index is 723. The van der Waals surface area contributed by atoms with Crippen molar-refractivity contribution >= 4 is 11.9 Å². The van der Waals surface area contributed by atoms with Gasteiger partial charge in [0.1, 0.15) is 0 Å². The molecule has 34 heavy (non-hydrogen) atoms. The Hall–Kier alpha value is -2.09. The third kappa shape index (κ3) is 9.28. The third-order valence-corrected chi connectivity index (χ3v) is 6.12. The molecule has 0 heterocycles. The molecule has 0 radical (unpaired) electrons. The van der Waals surface area contributed by atoms with E-state index in [9.17, 15) is 22.8 Å². The molecule has 3 atom stereocenters. The molecule has 0 aliphatic rings. The number of unbranched alkanes of at least 4 members (excludes halogenated alkanes) is 3. The molecule has 0 amide bonds. The number of benzene rings is 1. The SMILES string of the molecule is COC(=O)CCCC[C@@H](C)CCCCC[C@@H](C)COC(=O)[C@@](OC)(c1ccccc1)C(F)(F)F. The van der Waals surface area contributed by atoms with Crippen LogP contribution in [0.25, 0.3) is 0 Å². The standard InChI is InChI=1S/C26H39F3O5/c1-20(14-11-12-18-23(30)32-3)13-7-5-8-15-21(2)19-34-24(31)25(33-4,26(27,28)29)22-16-9-6-10-17-22/h6,9-10,16-17,20-21H,5,7-8,11-15,18-19H2,1-4H3/t20-,21+,25-/m0/s1. The van der Waals surface area contributed by atoms with Gasteiger partial charge in [-0.1, -0.05) is 82.7 Å². The highest BCUT2D eigenvalue weighted by Gasteiger charge is 2.64. The van der Waals surface area contributed by atoms with E-state index < -0.39 is 17.7 Å². The molecule has 0 saturated carbocycles. The molecule has 0 bridgehead atoms. The Morgan fingerprint density at radius 3 is 1.94 bits per heavy atom. The van der Waals surface area contributed by atoms with Crippen LogP contribution in [0.3, 0.4) is 0 Å². The van der Waals surface area contributed by atoms with Gasteiger partial charge < -0.3 is 14.2 Å². The molecule has 194 valence electrons. The van der Waals surface area contributed by atoms with Crippen molar-refractivity contribution in [3.8, 4) is 0 Å². The van der Waals surface area contributed by atoms with Gasteiger partial charge in [0.05, 0.1) is 13.7 Å². The maximum atomic E-state index is 13.9. The molecule has 0 saturated heterocycles. The molecule has 1 aromatic rings.